The molecule has 1 aliphatic heterocycles. The van der Waals surface area contributed by atoms with Gasteiger partial charge in [0.15, 0.2) is 5.96 Å². The molecule has 0 aromatic rings. The minimum Gasteiger partial charge on any atom is -0.480 e. The van der Waals surface area contributed by atoms with Crippen LogP contribution < -0.4 is 11.5 Å². The van der Waals surface area contributed by atoms with Crippen molar-refractivity contribution in [3.05, 3.63) is 0 Å². The van der Waals surface area contributed by atoms with E-state index in [9.17, 15) is 9.59 Å². The van der Waals surface area contributed by atoms with E-state index in [-0.39, 0.29) is 11.9 Å². The van der Waals surface area contributed by atoms with Crippen LogP contribution in [-0.2, 0) is 9.59 Å². The molecule has 0 saturated heterocycles. The Labute approximate surface area is 93.1 Å². The zero-order valence-corrected chi connectivity index (χ0v) is 9.09. The topological polar surface area (TPSA) is 122 Å². The number of carboxylic acids is 1. The van der Waals surface area contributed by atoms with Gasteiger partial charge >= 0.3 is 5.97 Å². The molecule has 1 amide bonds. The fraction of sp³-hybridized carbons (Fsp3) is 0.667. The van der Waals surface area contributed by atoms with Crippen LogP contribution in [0.4, 0.5) is 0 Å². The van der Waals surface area contributed by atoms with Gasteiger partial charge < -0.3 is 16.6 Å². The van der Waals surface area contributed by atoms with Crippen LogP contribution in [0.3, 0.4) is 0 Å². The molecule has 0 saturated carbocycles. The molecular formula is C9H16N4O3. The summed E-state index contributed by atoms with van der Waals surface area (Å²) >= 11 is 0. The number of nitrogens with zero attached hydrogens (tertiary/aromatic N) is 2. The second kappa shape index (κ2) is 4.93. The maximum Gasteiger partial charge on any atom is 0.320 e. The largest absolute Gasteiger partial charge is 0.480 e. The molecule has 0 aliphatic carbocycles. The second-order valence-electron chi connectivity index (χ2n) is 3.74. The van der Waals surface area contributed by atoms with Gasteiger partial charge in [-0.2, -0.15) is 0 Å². The number of aliphatic imine (C=N–C) groups is 1. The monoisotopic (exact) mass is 228 g/mol. The Balaban J connectivity index is 2.37. The van der Waals surface area contributed by atoms with Gasteiger partial charge in [0.1, 0.15) is 12.1 Å². The summed E-state index contributed by atoms with van der Waals surface area (Å²) in [4.78, 5) is 27.2. The maximum atomic E-state index is 11.5. The molecule has 0 bridgehead atoms. The van der Waals surface area contributed by atoms with Crippen molar-refractivity contribution >= 4 is 17.8 Å². The van der Waals surface area contributed by atoms with Crippen molar-refractivity contribution in [1.29, 1.82) is 0 Å². The first-order chi connectivity index (χ1) is 7.43. The molecule has 0 spiro atoms. The fourth-order valence-corrected chi connectivity index (χ4v) is 1.48. The summed E-state index contributed by atoms with van der Waals surface area (Å²) in [5.41, 5.74) is 10.9. The lowest BCUT2D eigenvalue weighted by atomic mass is 10.1. The molecule has 1 rings (SSSR count). The van der Waals surface area contributed by atoms with Crippen molar-refractivity contribution in [3.63, 3.8) is 0 Å². The summed E-state index contributed by atoms with van der Waals surface area (Å²) in [7, 11) is 0. The highest BCUT2D eigenvalue weighted by molar-refractivity contribution is 6.03. The van der Waals surface area contributed by atoms with Crippen LogP contribution in [0.5, 0.6) is 0 Å². The molecule has 0 radical (unpaired) electrons. The number of carbonyl (C=O) groups excluding carboxylic acids is 1. The molecular weight excluding hydrogens is 212 g/mol. The fourth-order valence-electron chi connectivity index (χ4n) is 1.48. The predicted molar refractivity (Wildman–Crippen MR) is 57.6 cm³/mol. The number of amides is 1. The van der Waals surface area contributed by atoms with Gasteiger partial charge in [0.05, 0.1) is 0 Å². The number of hydrogen-bond acceptors (Lipinski definition) is 5. The number of carboxylic acid groups (broad SMARTS) is 1. The Morgan fingerprint density at radius 2 is 2.31 bits per heavy atom. The summed E-state index contributed by atoms with van der Waals surface area (Å²) in [6.07, 6.45) is 0.795. The summed E-state index contributed by atoms with van der Waals surface area (Å²) in [5, 5.41) is 8.57. The molecule has 5 N–H and O–H groups in total. The van der Waals surface area contributed by atoms with Crippen LogP contribution in [0, 0.1) is 0 Å². The first kappa shape index (κ1) is 12.4. The van der Waals surface area contributed by atoms with Gasteiger partial charge in [-0.05, 0) is 19.8 Å². The first-order valence-corrected chi connectivity index (χ1v) is 5.06. The zero-order valence-electron chi connectivity index (χ0n) is 9.09. The normalized spacial score (nSPS) is 22.1. The predicted octanol–water partition coefficient (Wildman–Crippen LogP) is -1.28. The van der Waals surface area contributed by atoms with Gasteiger partial charge in [0, 0.05) is 6.54 Å². The van der Waals surface area contributed by atoms with E-state index >= 15 is 0 Å². The Kier molecular flexibility index (Phi) is 3.83. The maximum absolute atomic E-state index is 11.5. The molecule has 0 fully saturated rings. The number of rotatable bonds is 5. The van der Waals surface area contributed by atoms with E-state index in [1.807, 2.05) is 0 Å². The lowest BCUT2D eigenvalue weighted by Gasteiger charge is -2.16. The zero-order chi connectivity index (χ0) is 12.3. The molecule has 1 heterocycles. The number of guanidine groups is 1. The van der Waals surface area contributed by atoms with Crippen LogP contribution in [0.2, 0.25) is 0 Å². The molecule has 7 heteroatoms. The second-order valence-corrected chi connectivity index (χ2v) is 3.74. The van der Waals surface area contributed by atoms with E-state index in [1.165, 1.54) is 4.90 Å². The van der Waals surface area contributed by atoms with Crippen LogP contribution >= 0.6 is 0 Å². The third-order valence-corrected chi connectivity index (χ3v) is 2.44. The van der Waals surface area contributed by atoms with Gasteiger partial charge in [-0.15, -0.1) is 0 Å². The standard InChI is InChI=1S/C9H16N4O3/c1-5-7(14)13(9(11)12-5)4-2-3-6(10)8(15)16/h5-6H,2-4,10H2,1H3,(H2,11,12)(H,15,16). The lowest BCUT2D eigenvalue weighted by Crippen LogP contribution is -2.40. The molecule has 0 aromatic carbocycles. The summed E-state index contributed by atoms with van der Waals surface area (Å²) in [6, 6.07) is -1.33. The van der Waals surface area contributed by atoms with Crippen molar-refractivity contribution in [2.24, 2.45) is 16.5 Å². The van der Waals surface area contributed by atoms with Crippen molar-refractivity contribution < 1.29 is 14.7 Å². The highest BCUT2D eigenvalue weighted by Gasteiger charge is 2.29. The van der Waals surface area contributed by atoms with Crippen LogP contribution in [0.1, 0.15) is 19.8 Å². The van der Waals surface area contributed by atoms with E-state index in [4.69, 9.17) is 16.6 Å². The highest BCUT2D eigenvalue weighted by atomic mass is 16.4. The number of nitrogens with two attached hydrogens (primary N) is 2. The van der Waals surface area contributed by atoms with E-state index in [2.05, 4.69) is 4.99 Å². The summed E-state index contributed by atoms with van der Waals surface area (Å²) in [6.45, 7) is 2.03. The molecule has 16 heavy (non-hydrogen) atoms. The Morgan fingerprint density at radius 1 is 1.69 bits per heavy atom. The SMILES string of the molecule is CC1N=C(N)N(CCCC(N)C(=O)O)C1=O. The van der Waals surface area contributed by atoms with E-state index in [0.29, 0.717) is 19.4 Å². The van der Waals surface area contributed by atoms with Gasteiger partial charge in [0.25, 0.3) is 5.91 Å². The summed E-state index contributed by atoms with van der Waals surface area (Å²) < 4.78 is 0. The number of hydrogen-bond donors (Lipinski definition) is 3. The number of aliphatic carboxylic acids is 1. The smallest absolute Gasteiger partial charge is 0.320 e. The van der Waals surface area contributed by atoms with Crippen molar-refractivity contribution in [2.75, 3.05) is 6.54 Å². The Bertz CT molecular complexity index is 329. The third-order valence-electron chi connectivity index (χ3n) is 2.44. The average Bonchev–Trinajstić information content (AvgIpc) is 2.44. The average molecular weight is 228 g/mol. The van der Waals surface area contributed by atoms with E-state index in [1.54, 1.807) is 6.92 Å². The molecule has 1 aliphatic rings. The highest BCUT2D eigenvalue weighted by Crippen LogP contribution is 2.09. The Morgan fingerprint density at radius 3 is 2.75 bits per heavy atom. The summed E-state index contributed by atoms with van der Waals surface area (Å²) in [5.74, 6) is -0.995. The first-order valence-electron chi connectivity index (χ1n) is 5.06. The van der Waals surface area contributed by atoms with Crippen molar-refractivity contribution in [1.82, 2.24) is 4.90 Å². The van der Waals surface area contributed by atoms with Gasteiger partial charge in [-0.3, -0.25) is 14.5 Å². The molecule has 2 atom stereocenters. The van der Waals surface area contributed by atoms with E-state index < -0.39 is 18.1 Å². The third kappa shape index (κ3) is 2.69. The van der Waals surface area contributed by atoms with Crippen LogP contribution in [0.15, 0.2) is 4.99 Å². The van der Waals surface area contributed by atoms with Gasteiger partial charge in [-0.1, -0.05) is 0 Å². The van der Waals surface area contributed by atoms with Crippen LogP contribution in [0.25, 0.3) is 0 Å². The minimum atomic E-state index is -1.04. The Hall–Kier alpha value is -1.63. The molecule has 2 unspecified atom stereocenters. The molecule has 0 aromatic heterocycles. The molecule has 90 valence electrons. The van der Waals surface area contributed by atoms with Gasteiger partial charge in [-0.25, -0.2) is 4.99 Å². The lowest BCUT2D eigenvalue weighted by molar-refractivity contribution is -0.138. The minimum absolute atomic E-state index is 0.151. The quantitative estimate of drug-likeness (QED) is 0.541. The molecule has 7 nitrogen and oxygen atoms in total. The van der Waals surface area contributed by atoms with Crippen molar-refractivity contribution in [3.8, 4) is 0 Å². The van der Waals surface area contributed by atoms with E-state index in [0.717, 1.165) is 0 Å². The number of carbonyl (C=O) groups is 2. The van der Waals surface area contributed by atoms with Crippen LogP contribution in [-0.4, -0.2) is 46.5 Å². The van der Waals surface area contributed by atoms with Crippen molar-refractivity contribution in [2.45, 2.75) is 31.8 Å². The van der Waals surface area contributed by atoms with Gasteiger partial charge in [0.2, 0.25) is 0 Å².